The molecule has 2 aromatic rings. The fourth-order valence-corrected chi connectivity index (χ4v) is 2.03. The van der Waals surface area contributed by atoms with Gasteiger partial charge in [-0.1, -0.05) is 29.8 Å². The number of benzene rings is 2. The molecule has 0 heterocycles. The molecule has 0 saturated heterocycles. The van der Waals surface area contributed by atoms with E-state index in [1.165, 1.54) is 0 Å². The number of rotatable bonds is 5. The molecule has 0 radical (unpaired) electrons. The van der Waals surface area contributed by atoms with Gasteiger partial charge in [0.25, 0.3) is 0 Å². The number of guanidine groups is 1. The Balaban J connectivity index is 1.94. The second-order valence-corrected chi connectivity index (χ2v) is 5.01. The molecule has 2 rings (SSSR count). The van der Waals surface area contributed by atoms with Crippen LogP contribution in [0.2, 0.25) is 0 Å². The first-order valence-corrected chi connectivity index (χ1v) is 7.04. The summed E-state index contributed by atoms with van der Waals surface area (Å²) in [5.74, 6) is 1.03. The van der Waals surface area contributed by atoms with Gasteiger partial charge >= 0.3 is 0 Å². The van der Waals surface area contributed by atoms with E-state index in [1.807, 2.05) is 55.5 Å². The number of anilines is 1. The molecule has 22 heavy (non-hydrogen) atoms. The summed E-state index contributed by atoms with van der Waals surface area (Å²) in [7, 11) is 1.62. The highest BCUT2D eigenvalue weighted by Crippen LogP contribution is 2.16. The van der Waals surface area contributed by atoms with Crippen LogP contribution >= 0.6 is 0 Å². The first-order chi connectivity index (χ1) is 10.6. The molecular formula is C17H21N3O2. The van der Waals surface area contributed by atoms with Crippen molar-refractivity contribution in [1.82, 2.24) is 0 Å². The van der Waals surface area contributed by atoms with Gasteiger partial charge < -0.3 is 20.9 Å². The number of aliphatic imine (C=N–C) groups is 1. The number of methoxy groups -OCH3 is 1. The molecule has 1 atom stereocenters. The van der Waals surface area contributed by atoms with Gasteiger partial charge in [0.05, 0.1) is 19.8 Å². The van der Waals surface area contributed by atoms with Crippen molar-refractivity contribution in [3.8, 4) is 5.75 Å². The summed E-state index contributed by atoms with van der Waals surface area (Å²) in [6, 6.07) is 15.1. The third kappa shape index (κ3) is 4.49. The minimum atomic E-state index is -0.670. The third-order valence-electron chi connectivity index (χ3n) is 3.22. The Bertz CT molecular complexity index is 639. The number of hydrogen-bond acceptors (Lipinski definition) is 3. The topological polar surface area (TPSA) is 79.9 Å². The van der Waals surface area contributed by atoms with E-state index < -0.39 is 6.10 Å². The Morgan fingerprint density at radius 2 is 2.00 bits per heavy atom. The van der Waals surface area contributed by atoms with Crippen LogP contribution in [0, 0.1) is 6.92 Å². The quantitative estimate of drug-likeness (QED) is 0.585. The minimum absolute atomic E-state index is 0.207. The molecule has 5 heteroatoms. The van der Waals surface area contributed by atoms with Crippen LogP contribution in [0.3, 0.4) is 0 Å². The van der Waals surface area contributed by atoms with Crippen molar-refractivity contribution >= 4 is 11.6 Å². The molecule has 1 unspecified atom stereocenters. The Morgan fingerprint density at radius 1 is 1.27 bits per heavy atom. The van der Waals surface area contributed by atoms with Crippen LogP contribution in [-0.2, 0) is 0 Å². The summed E-state index contributed by atoms with van der Waals surface area (Å²) in [5.41, 5.74) is 8.58. The minimum Gasteiger partial charge on any atom is -0.497 e. The number of nitrogens with zero attached hydrogens (tertiary/aromatic N) is 1. The van der Waals surface area contributed by atoms with E-state index in [0.717, 1.165) is 22.6 Å². The van der Waals surface area contributed by atoms with Crippen molar-refractivity contribution in [3.05, 3.63) is 59.7 Å². The van der Waals surface area contributed by atoms with Gasteiger partial charge in [-0.25, -0.2) is 0 Å². The Labute approximate surface area is 130 Å². The first kappa shape index (κ1) is 15.9. The second kappa shape index (κ2) is 7.47. The summed E-state index contributed by atoms with van der Waals surface area (Å²) in [6.45, 7) is 2.19. The maximum absolute atomic E-state index is 10.1. The molecule has 0 bridgehead atoms. The summed E-state index contributed by atoms with van der Waals surface area (Å²) in [6.07, 6.45) is -0.670. The Kier molecular flexibility index (Phi) is 5.38. The number of hydrogen-bond donors (Lipinski definition) is 3. The Hall–Kier alpha value is -2.53. The molecule has 0 aliphatic heterocycles. The number of aliphatic hydroxyl groups is 1. The van der Waals surface area contributed by atoms with Crippen LogP contribution in [0.25, 0.3) is 0 Å². The Morgan fingerprint density at radius 3 is 2.64 bits per heavy atom. The van der Waals surface area contributed by atoms with Crippen molar-refractivity contribution in [2.75, 3.05) is 19.0 Å². The zero-order chi connectivity index (χ0) is 15.9. The number of aryl methyl sites for hydroxylation is 1. The summed E-state index contributed by atoms with van der Waals surface area (Å²) in [4.78, 5) is 4.17. The fourth-order valence-electron chi connectivity index (χ4n) is 2.03. The molecule has 5 nitrogen and oxygen atoms in total. The van der Waals surface area contributed by atoms with E-state index >= 15 is 0 Å². The monoisotopic (exact) mass is 299 g/mol. The largest absolute Gasteiger partial charge is 0.497 e. The van der Waals surface area contributed by atoms with Crippen LogP contribution < -0.4 is 15.8 Å². The molecule has 0 aliphatic rings. The van der Waals surface area contributed by atoms with E-state index in [9.17, 15) is 5.11 Å². The first-order valence-electron chi connectivity index (χ1n) is 7.04. The fraction of sp³-hybridized carbons (Fsp3) is 0.235. The van der Waals surface area contributed by atoms with E-state index in [1.54, 1.807) is 7.11 Å². The summed E-state index contributed by atoms with van der Waals surface area (Å²) in [5, 5.41) is 13.1. The number of nitrogens with two attached hydrogens (primary N) is 1. The summed E-state index contributed by atoms with van der Waals surface area (Å²) >= 11 is 0. The highest BCUT2D eigenvalue weighted by Gasteiger charge is 2.07. The lowest BCUT2D eigenvalue weighted by Crippen LogP contribution is -2.23. The van der Waals surface area contributed by atoms with Gasteiger partial charge in [-0.3, -0.25) is 4.99 Å². The lowest BCUT2D eigenvalue weighted by Gasteiger charge is -2.10. The zero-order valence-corrected chi connectivity index (χ0v) is 12.8. The lowest BCUT2D eigenvalue weighted by atomic mass is 10.1. The SMILES string of the molecule is COc1ccc(NC(N)=NCC(O)c2cccc(C)c2)cc1. The third-order valence-corrected chi connectivity index (χ3v) is 3.22. The van der Waals surface area contributed by atoms with Gasteiger partial charge in [0, 0.05) is 5.69 Å². The molecule has 0 fully saturated rings. The van der Waals surface area contributed by atoms with Crippen LogP contribution in [0.5, 0.6) is 5.75 Å². The van der Waals surface area contributed by atoms with Crippen LogP contribution in [0.1, 0.15) is 17.2 Å². The molecule has 0 aliphatic carbocycles. The van der Waals surface area contributed by atoms with Crippen LogP contribution in [-0.4, -0.2) is 24.7 Å². The van der Waals surface area contributed by atoms with E-state index in [4.69, 9.17) is 10.5 Å². The van der Waals surface area contributed by atoms with Gasteiger partial charge in [0.1, 0.15) is 5.75 Å². The smallest absolute Gasteiger partial charge is 0.193 e. The molecule has 116 valence electrons. The van der Waals surface area contributed by atoms with Crippen molar-refractivity contribution in [3.63, 3.8) is 0 Å². The van der Waals surface area contributed by atoms with Crippen LogP contribution in [0.4, 0.5) is 5.69 Å². The standard InChI is InChI=1S/C17H21N3O2/c1-12-4-3-5-13(10-12)16(21)11-19-17(18)20-14-6-8-15(22-2)9-7-14/h3-10,16,21H,11H2,1-2H3,(H3,18,19,20). The van der Waals surface area contributed by atoms with Gasteiger partial charge in [-0.15, -0.1) is 0 Å². The predicted molar refractivity (Wildman–Crippen MR) is 89.2 cm³/mol. The van der Waals surface area contributed by atoms with Gasteiger partial charge in [0.15, 0.2) is 5.96 Å². The van der Waals surface area contributed by atoms with Gasteiger partial charge in [0.2, 0.25) is 0 Å². The second-order valence-electron chi connectivity index (χ2n) is 5.01. The van der Waals surface area contributed by atoms with Crippen molar-refractivity contribution in [1.29, 1.82) is 0 Å². The maximum Gasteiger partial charge on any atom is 0.193 e. The van der Waals surface area contributed by atoms with Crippen LogP contribution in [0.15, 0.2) is 53.5 Å². The highest BCUT2D eigenvalue weighted by atomic mass is 16.5. The average Bonchev–Trinajstić information content (AvgIpc) is 2.53. The predicted octanol–water partition coefficient (Wildman–Crippen LogP) is 2.46. The van der Waals surface area contributed by atoms with Crippen molar-refractivity contribution in [2.24, 2.45) is 10.7 Å². The van der Waals surface area contributed by atoms with Gasteiger partial charge in [-0.2, -0.15) is 0 Å². The lowest BCUT2D eigenvalue weighted by molar-refractivity contribution is 0.187. The maximum atomic E-state index is 10.1. The number of aliphatic hydroxyl groups excluding tert-OH is 1. The van der Waals surface area contributed by atoms with Crippen molar-refractivity contribution < 1.29 is 9.84 Å². The molecule has 0 aromatic heterocycles. The molecular weight excluding hydrogens is 278 g/mol. The number of ether oxygens (including phenoxy) is 1. The molecule has 0 amide bonds. The summed E-state index contributed by atoms with van der Waals surface area (Å²) < 4.78 is 5.09. The molecule has 0 saturated carbocycles. The zero-order valence-electron chi connectivity index (χ0n) is 12.8. The highest BCUT2D eigenvalue weighted by molar-refractivity contribution is 5.92. The average molecular weight is 299 g/mol. The van der Waals surface area contributed by atoms with Crippen molar-refractivity contribution in [2.45, 2.75) is 13.0 Å². The molecule has 0 spiro atoms. The van der Waals surface area contributed by atoms with Gasteiger partial charge in [-0.05, 0) is 36.8 Å². The molecule has 2 aromatic carbocycles. The molecule has 4 N–H and O–H groups in total. The normalized spacial score (nSPS) is 12.8. The van der Waals surface area contributed by atoms with E-state index in [0.29, 0.717) is 0 Å². The van der Waals surface area contributed by atoms with E-state index in [2.05, 4.69) is 10.3 Å². The van der Waals surface area contributed by atoms with E-state index in [-0.39, 0.29) is 12.5 Å². The number of nitrogens with one attached hydrogen (secondary N) is 1.